The highest BCUT2D eigenvalue weighted by molar-refractivity contribution is 6.31. The topological polar surface area (TPSA) is 41.1 Å². The number of benzene rings is 2. The minimum atomic E-state index is -0.305. The van der Waals surface area contributed by atoms with Gasteiger partial charge in [-0.3, -0.25) is 0 Å². The van der Waals surface area contributed by atoms with Crippen LogP contribution in [-0.2, 0) is 0 Å². The Morgan fingerprint density at radius 1 is 0.900 bits per heavy atom. The van der Waals surface area contributed by atoms with Crippen molar-refractivity contribution in [1.82, 2.24) is 0 Å². The van der Waals surface area contributed by atoms with Crippen molar-refractivity contribution in [2.75, 3.05) is 10.6 Å². The molecule has 2 aromatic rings. The van der Waals surface area contributed by atoms with E-state index in [9.17, 15) is 4.79 Å². The van der Waals surface area contributed by atoms with E-state index in [0.29, 0.717) is 15.7 Å². The Labute approximate surface area is 127 Å². The highest BCUT2D eigenvalue weighted by Crippen LogP contribution is 2.25. The molecule has 2 aromatic carbocycles. The van der Waals surface area contributed by atoms with Gasteiger partial charge in [0, 0.05) is 21.4 Å². The summed E-state index contributed by atoms with van der Waals surface area (Å²) >= 11 is 11.8. The molecule has 0 aliphatic rings. The van der Waals surface area contributed by atoms with E-state index in [0.717, 1.165) is 16.8 Å². The molecule has 0 spiro atoms. The zero-order valence-electron chi connectivity index (χ0n) is 11.1. The molecule has 0 heterocycles. The van der Waals surface area contributed by atoms with E-state index in [-0.39, 0.29) is 6.03 Å². The van der Waals surface area contributed by atoms with Crippen molar-refractivity contribution in [3.05, 3.63) is 57.6 Å². The lowest BCUT2D eigenvalue weighted by Crippen LogP contribution is -2.20. The molecule has 0 bridgehead atoms. The van der Waals surface area contributed by atoms with Crippen LogP contribution >= 0.6 is 23.2 Å². The Morgan fingerprint density at radius 2 is 1.45 bits per heavy atom. The molecule has 0 radical (unpaired) electrons. The Bertz CT molecular complexity index is 616. The first kappa shape index (κ1) is 14.7. The third kappa shape index (κ3) is 3.65. The molecular weight excluding hydrogens is 295 g/mol. The van der Waals surface area contributed by atoms with Crippen molar-refractivity contribution in [3.63, 3.8) is 0 Å². The molecule has 0 aliphatic heterocycles. The van der Waals surface area contributed by atoms with Crippen molar-refractivity contribution < 1.29 is 4.79 Å². The van der Waals surface area contributed by atoms with Gasteiger partial charge in [-0.2, -0.15) is 0 Å². The molecule has 5 heteroatoms. The van der Waals surface area contributed by atoms with E-state index >= 15 is 0 Å². The number of hydrogen-bond acceptors (Lipinski definition) is 1. The Hall–Kier alpha value is -1.71. The average molecular weight is 309 g/mol. The van der Waals surface area contributed by atoms with Crippen molar-refractivity contribution in [2.24, 2.45) is 0 Å². The monoisotopic (exact) mass is 308 g/mol. The maximum atomic E-state index is 12.0. The Morgan fingerprint density at radius 3 is 2.00 bits per heavy atom. The predicted molar refractivity (Wildman–Crippen MR) is 85.0 cm³/mol. The van der Waals surface area contributed by atoms with Gasteiger partial charge in [-0.15, -0.1) is 0 Å². The summed E-state index contributed by atoms with van der Waals surface area (Å²) in [4.78, 5) is 12.0. The maximum Gasteiger partial charge on any atom is 0.323 e. The van der Waals surface area contributed by atoms with Crippen LogP contribution in [0.2, 0.25) is 10.0 Å². The zero-order chi connectivity index (χ0) is 14.7. The van der Waals surface area contributed by atoms with Gasteiger partial charge in [-0.25, -0.2) is 4.79 Å². The van der Waals surface area contributed by atoms with Gasteiger partial charge < -0.3 is 10.6 Å². The molecule has 2 rings (SSSR count). The number of aryl methyl sites for hydroxylation is 2. The van der Waals surface area contributed by atoms with Gasteiger partial charge in [0.2, 0.25) is 0 Å². The number of halogens is 2. The van der Waals surface area contributed by atoms with Gasteiger partial charge >= 0.3 is 6.03 Å². The third-order valence-electron chi connectivity index (χ3n) is 2.84. The second-order valence-corrected chi connectivity index (χ2v) is 5.37. The molecule has 0 aromatic heterocycles. The number of anilines is 2. The molecule has 0 aliphatic carbocycles. The number of rotatable bonds is 2. The Balaban J connectivity index is 2.10. The largest absolute Gasteiger partial charge is 0.323 e. The lowest BCUT2D eigenvalue weighted by atomic mass is 10.1. The van der Waals surface area contributed by atoms with Gasteiger partial charge in [0.25, 0.3) is 0 Å². The van der Waals surface area contributed by atoms with Crippen molar-refractivity contribution in [3.8, 4) is 0 Å². The zero-order valence-corrected chi connectivity index (χ0v) is 12.6. The summed E-state index contributed by atoms with van der Waals surface area (Å²) in [6, 6.07) is 10.2. The summed E-state index contributed by atoms with van der Waals surface area (Å²) in [5, 5.41) is 6.85. The van der Waals surface area contributed by atoms with E-state index in [4.69, 9.17) is 23.2 Å². The number of hydrogen-bond donors (Lipinski definition) is 2. The molecule has 2 amide bonds. The summed E-state index contributed by atoms with van der Waals surface area (Å²) in [5.74, 6) is 0. The van der Waals surface area contributed by atoms with Crippen LogP contribution in [0.15, 0.2) is 36.4 Å². The van der Waals surface area contributed by atoms with Gasteiger partial charge in [-0.1, -0.05) is 23.2 Å². The highest BCUT2D eigenvalue weighted by Gasteiger charge is 2.08. The predicted octanol–water partition coefficient (Wildman–Crippen LogP) is 5.25. The van der Waals surface area contributed by atoms with Crippen LogP contribution < -0.4 is 10.6 Å². The maximum absolute atomic E-state index is 12.0. The average Bonchev–Trinajstić information content (AvgIpc) is 2.36. The van der Waals surface area contributed by atoms with Gasteiger partial charge in [0.1, 0.15) is 0 Å². The summed E-state index contributed by atoms with van der Waals surface area (Å²) in [6.45, 7) is 3.80. The summed E-state index contributed by atoms with van der Waals surface area (Å²) < 4.78 is 0. The van der Waals surface area contributed by atoms with Gasteiger partial charge in [-0.05, 0) is 61.4 Å². The minimum absolute atomic E-state index is 0.305. The SMILES string of the molecule is Cc1cc(Cl)cc(C)c1NC(=O)Nc1ccc(Cl)cc1. The third-order valence-corrected chi connectivity index (χ3v) is 3.31. The van der Waals surface area contributed by atoms with E-state index in [2.05, 4.69) is 10.6 Å². The minimum Gasteiger partial charge on any atom is -0.308 e. The normalized spacial score (nSPS) is 10.2. The summed E-state index contributed by atoms with van der Waals surface area (Å²) in [6.07, 6.45) is 0. The first-order valence-corrected chi connectivity index (χ1v) is 6.81. The lowest BCUT2D eigenvalue weighted by Gasteiger charge is -2.13. The van der Waals surface area contributed by atoms with E-state index in [1.165, 1.54) is 0 Å². The summed E-state index contributed by atoms with van der Waals surface area (Å²) in [5.41, 5.74) is 3.28. The molecule has 20 heavy (non-hydrogen) atoms. The molecule has 0 saturated carbocycles. The second kappa shape index (κ2) is 6.16. The first-order valence-electron chi connectivity index (χ1n) is 6.06. The van der Waals surface area contributed by atoms with E-state index < -0.39 is 0 Å². The molecule has 3 nitrogen and oxygen atoms in total. The van der Waals surface area contributed by atoms with Crippen LogP contribution in [0.1, 0.15) is 11.1 Å². The van der Waals surface area contributed by atoms with Gasteiger partial charge in [0.15, 0.2) is 0 Å². The standard InChI is InChI=1S/C15H14Cl2N2O/c1-9-7-12(17)8-10(2)14(9)19-15(20)18-13-5-3-11(16)4-6-13/h3-8H,1-2H3,(H2,18,19,20). The highest BCUT2D eigenvalue weighted by atomic mass is 35.5. The number of carbonyl (C=O) groups excluding carboxylic acids is 1. The van der Waals surface area contributed by atoms with Crippen LogP contribution in [0.5, 0.6) is 0 Å². The molecule has 104 valence electrons. The van der Waals surface area contributed by atoms with E-state index in [1.54, 1.807) is 24.3 Å². The number of urea groups is 1. The number of nitrogens with one attached hydrogen (secondary N) is 2. The lowest BCUT2D eigenvalue weighted by molar-refractivity contribution is 0.262. The van der Waals surface area contributed by atoms with Crippen LogP contribution in [0.4, 0.5) is 16.2 Å². The second-order valence-electron chi connectivity index (χ2n) is 4.50. The quantitative estimate of drug-likeness (QED) is 0.781. The molecular formula is C15H14Cl2N2O. The number of amides is 2. The molecule has 0 fully saturated rings. The van der Waals surface area contributed by atoms with Crippen molar-refractivity contribution in [1.29, 1.82) is 0 Å². The Kier molecular flexibility index (Phi) is 4.53. The first-order chi connectivity index (χ1) is 9.45. The summed E-state index contributed by atoms with van der Waals surface area (Å²) in [7, 11) is 0. The van der Waals surface area contributed by atoms with Crippen LogP contribution in [0, 0.1) is 13.8 Å². The smallest absolute Gasteiger partial charge is 0.308 e. The molecule has 2 N–H and O–H groups in total. The van der Waals surface area contributed by atoms with Crippen LogP contribution in [0.3, 0.4) is 0 Å². The fraction of sp³-hybridized carbons (Fsp3) is 0.133. The molecule has 0 saturated heterocycles. The van der Waals surface area contributed by atoms with Crippen LogP contribution in [-0.4, -0.2) is 6.03 Å². The van der Waals surface area contributed by atoms with E-state index in [1.807, 2.05) is 26.0 Å². The fourth-order valence-electron chi connectivity index (χ4n) is 1.92. The number of carbonyl (C=O) groups is 1. The van der Waals surface area contributed by atoms with Crippen molar-refractivity contribution >= 4 is 40.6 Å². The molecule has 0 unspecified atom stereocenters. The van der Waals surface area contributed by atoms with Crippen LogP contribution in [0.25, 0.3) is 0 Å². The van der Waals surface area contributed by atoms with Crippen molar-refractivity contribution in [2.45, 2.75) is 13.8 Å². The van der Waals surface area contributed by atoms with Gasteiger partial charge in [0.05, 0.1) is 0 Å². The molecule has 0 atom stereocenters. The fourth-order valence-corrected chi connectivity index (χ4v) is 2.37.